The maximum absolute atomic E-state index is 14.1. The Kier molecular flexibility index (Phi) is 4.11. The van der Waals surface area contributed by atoms with Crippen LogP contribution < -0.4 is 0 Å². The van der Waals surface area contributed by atoms with Gasteiger partial charge in [0.2, 0.25) is 5.95 Å². The molecule has 1 heterocycles. The minimum Gasteiger partial charge on any atom is -0.242 e. The van der Waals surface area contributed by atoms with E-state index in [1.165, 1.54) is 4.68 Å². The maximum atomic E-state index is 14.1. The van der Waals surface area contributed by atoms with Crippen LogP contribution in [0.25, 0.3) is 0 Å². The van der Waals surface area contributed by atoms with Crippen LogP contribution in [-0.2, 0) is 18.9 Å². The summed E-state index contributed by atoms with van der Waals surface area (Å²) in [6.45, 7) is 8.46. The van der Waals surface area contributed by atoms with E-state index < -0.39 is 0 Å². The Bertz CT molecular complexity index is 357. The van der Waals surface area contributed by atoms with Gasteiger partial charge in [0.05, 0.1) is 5.69 Å². The number of rotatable bonds is 5. The lowest BCUT2D eigenvalue weighted by molar-refractivity contribution is 0.382. The molecule has 0 aliphatic rings. The predicted octanol–water partition coefficient (Wildman–Crippen LogP) is 3.59. The number of aromatic nitrogens is 2. The van der Waals surface area contributed by atoms with E-state index in [1.807, 2.05) is 6.92 Å². The van der Waals surface area contributed by atoms with Gasteiger partial charge in [-0.25, -0.2) is 4.68 Å². The van der Waals surface area contributed by atoms with Crippen LogP contribution in [-0.4, -0.2) is 9.78 Å². The van der Waals surface area contributed by atoms with Gasteiger partial charge in [-0.15, -0.1) is 0 Å². The second kappa shape index (κ2) is 4.98. The van der Waals surface area contributed by atoms with Crippen LogP contribution >= 0.6 is 0 Å². The van der Waals surface area contributed by atoms with Crippen molar-refractivity contribution < 1.29 is 4.39 Å². The molecule has 0 spiro atoms. The van der Waals surface area contributed by atoms with Crippen molar-refractivity contribution in [1.29, 1.82) is 0 Å². The Labute approximate surface area is 97.9 Å². The van der Waals surface area contributed by atoms with Crippen molar-refractivity contribution in [3.63, 3.8) is 0 Å². The van der Waals surface area contributed by atoms with Crippen molar-refractivity contribution in [2.24, 2.45) is 7.05 Å². The predicted molar refractivity (Wildman–Crippen MR) is 65.1 cm³/mol. The molecule has 1 aromatic heterocycles. The summed E-state index contributed by atoms with van der Waals surface area (Å²) in [6, 6.07) is 0. The third kappa shape index (κ3) is 2.13. The van der Waals surface area contributed by atoms with Gasteiger partial charge < -0.3 is 0 Å². The molecular weight excluding hydrogens is 203 g/mol. The summed E-state index contributed by atoms with van der Waals surface area (Å²) in [5, 5.41) is 4.27. The molecule has 1 aromatic rings. The average Bonchev–Trinajstić information content (AvgIpc) is 2.55. The minimum absolute atomic E-state index is 0.0710. The summed E-state index contributed by atoms with van der Waals surface area (Å²) in [7, 11) is 1.68. The van der Waals surface area contributed by atoms with E-state index in [2.05, 4.69) is 25.9 Å². The van der Waals surface area contributed by atoms with Crippen molar-refractivity contribution in [2.75, 3.05) is 0 Å². The Morgan fingerprint density at radius 2 is 1.94 bits per heavy atom. The van der Waals surface area contributed by atoms with Crippen LogP contribution in [0.1, 0.15) is 58.2 Å². The van der Waals surface area contributed by atoms with Crippen molar-refractivity contribution in [2.45, 2.75) is 58.8 Å². The molecule has 0 aliphatic heterocycles. The molecule has 1 rings (SSSR count). The van der Waals surface area contributed by atoms with Gasteiger partial charge in [-0.3, -0.25) is 0 Å². The first-order chi connectivity index (χ1) is 7.50. The molecule has 0 saturated carbocycles. The molecule has 1 unspecified atom stereocenters. The molecule has 0 bridgehead atoms. The minimum atomic E-state index is -0.158. The zero-order chi connectivity index (χ0) is 12.3. The smallest absolute Gasteiger partial charge is 0.215 e. The van der Waals surface area contributed by atoms with Crippen LogP contribution in [0.2, 0.25) is 0 Å². The molecule has 0 N–H and O–H groups in total. The van der Waals surface area contributed by atoms with E-state index in [4.69, 9.17) is 0 Å². The van der Waals surface area contributed by atoms with Gasteiger partial charge in [-0.1, -0.05) is 34.1 Å². The molecule has 3 heteroatoms. The summed E-state index contributed by atoms with van der Waals surface area (Å²) in [5.41, 5.74) is 1.68. The van der Waals surface area contributed by atoms with Gasteiger partial charge in [0, 0.05) is 12.6 Å². The van der Waals surface area contributed by atoms with Crippen LogP contribution in [0.15, 0.2) is 0 Å². The van der Waals surface area contributed by atoms with E-state index >= 15 is 0 Å². The van der Waals surface area contributed by atoms with Gasteiger partial charge in [-0.2, -0.15) is 9.49 Å². The summed E-state index contributed by atoms with van der Waals surface area (Å²) < 4.78 is 15.5. The lowest BCUT2D eigenvalue weighted by Gasteiger charge is -2.28. The quantitative estimate of drug-likeness (QED) is 0.750. The highest BCUT2D eigenvalue weighted by molar-refractivity contribution is 5.28. The number of hydrogen-bond acceptors (Lipinski definition) is 1. The molecule has 0 amide bonds. The second-order valence-corrected chi connectivity index (χ2v) is 4.75. The molecule has 16 heavy (non-hydrogen) atoms. The van der Waals surface area contributed by atoms with E-state index in [9.17, 15) is 4.39 Å². The number of aryl methyl sites for hydroxylation is 2. The summed E-state index contributed by atoms with van der Waals surface area (Å²) in [5.74, 6) is -0.158. The molecule has 2 nitrogen and oxygen atoms in total. The Morgan fingerprint density at radius 1 is 1.31 bits per heavy atom. The molecule has 0 saturated heterocycles. The van der Waals surface area contributed by atoms with E-state index in [1.54, 1.807) is 7.05 Å². The average molecular weight is 226 g/mol. The zero-order valence-electron chi connectivity index (χ0n) is 11.1. The second-order valence-electron chi connectivity index (χ2n) is 4.75. The highest BCUT2D eigenvalue weighted by Crippen LogP contribution is 2.36. The van der Waals surface area contributed by atoms with Crippen LogP contribution in [0.4, 0.5) is 4.39 Å². The van der Waals surface area contributed by atoms with Gasteiger partial charge in [0.1, 0.15) is 0 Å². The summed E-state index contributed by atoms with van der Waals surface area (Å²) in [6.07, 6.45) is 3.84. The highest BCUT2D eigenvalue weighted by atomic mass is 19.1. The normalized spacial score (nSPS) is 15.1. The number of halogens is 1. The van der Waals surface area contributed by atoms with Gasteiger partial charge in [0.25, 0.3) is 0 Å². The lowest BCUT2D eigenvalue weighted by atomic mass is 9.76. The number of hydrogen-bond donors (Lipinski definition) is 0. The molecule has 92 valence electrons. The first-order valence-electron chi connectivity index (χ1n) is 6.22. The third-order valence-electron chi connectivity index (χ3n) is 3.57. The van der Waals surface area contributed by atoms with Crippen molar-refractivity contribution in [1.82, 2.24) is 9.78 Å². The van der Waals surface area contributed by atoms with Crippen molar-refractivity contribution in [3.8, 4) is 0 Å². The molecular formula is C13H23FN2. The Hall–Kier alpha value is -0.860. The third-order valence-corrected chi connectivity index (χ3v) is 3.57. The fourth-order valence-corrected chi connectivity index (χ4v) is 2.43. The molecule has 0 aliphatic carbocycles. The van der Waals surface area contributed by atoms with Crippen molar-refractivity contribution in [3.05, 3.63) is 17.2 Å². The standard InChI is InChI=1S/C13H23FN2/c1-6-9-13(4,8-3)11-10(7-2)15-16(5)12(11)14/h6-9H2,1-5H3. The molecule has 0 aromatic carbocycles. The fraction of sp³-hybridized carbons (Fsp3) is 0.769. The van der Waals surface area contributed by atoms with E-state index in [0.29, 0.717) is 0 Å². The fourth-order valence-electron chi connectivity index (χ4n) is 2.43. The van der Waals surface area contributed by atoms with Gasteiger partial charge >= 0.3 is 0 Å². The molecule has 0 fully saturated rings. The zero-order valence-corrected chi connectivity index (χ0v) is 11.1. The first kappa shape index (κ1) is 13.2. The SMILES string of the molecule is CCCC(C)(CC)c1c(CC)nn(C)c1F. The molecule has 0 radical (unpaired) electrons. The van der Waals surface area contributed by atoms with Gasteiger partial charge in [-0.05, 0) is 24.7 Å². The van der Waals surface area contributed by atoms with Gasteiger partial charge in [0.15, 0.2) is 0 Å². The van der Waals surface area contributed by atoms with E-state index in [-0.39, 0.29) is 11.4 Å². The summed E-state index contributed by atoms with van der Waals surface area (Å²) in [4.78, 5) is 0. The van der Waals surface area contributed by atoms with Crippen LogP contribution in [0.3, 0.4) is 0 Å². The van der Waals surface area contributed by atoms with Crippen molar-refractivity contribution >= 4 is 0 Å². The Balaban J connectivity index is 3.27. The van der Waals surface area contributed by atoms with Crippen LogP contribution in [0, 0.1) is 5.95 Å². The highest BCUT2D eigenvalue weighted by Gasteiger charge is 2.32. The monoisotopic (exact) mass is 226 g/mol. The number of nitrogens with zero attached hydrogens (tertiary/aromatic N) is 2. The first-order valence-corrected chi connectivity index (χ1v) is 6.22. The van der Waals surface area contributed by atoms with Crippen LogP contribution in [0.5, 0.6) is 0 Å². The lowest BCUT2D eigenvalue weighted by Crippen LogP contribution is -2.23. The largest absolute Gasteiger partial charge is 0.242 e. The Morgan fingerprint density at radius 3 is 2.38 bits per heavy atom. The summed E-state index contributed by atoms with van der Waals surface area (Å²) >= 11 is 0. The maximum Gasteiger partial charge on any atom is 0.215 e. The van der Waals surface area contributed by atoms with E-state index in [0.717, 1.165) is 36.9 Å². The molecule has 1 atom stereocenters. The topological polar surface area (TPSA) is 17.8 Å².